The van der Waals surface area contributed by atoms with Crippen molar-refractivity contribution in [2.24, 2.45) is 5.92 Å². The molecule has 0 aromatic heterocycles. The van der Waals surface area contributed by atoms with Crippen LogP contribution in [-0.2, 0) is 10.2 Å². The van der Waals surface area contributed by atoms with Gasteiger partial charge in [0.2, 0.25) is 0 Å². The fraction of sp³-hybridized carbons (Fsp3) is 0.611. The van der Waals surface area contributed by atoms with E-state index >= 15 is 0 Å². The van der Waals surface area contributed by atoms with Crippen LogP contribution in [0.2, 0.25) is 0 Å². The van der Waals surface area contributed by atoms with Crippen molar-refractivity contribution < 1.29 is 14.6 Å². The second-order valence-electron chi connectivity index (χ2n) is 7.10. The minimum absolute atomic E-state index is 0.162. The van der Waals surface area contributed by atoms with E-state index in [0.29, 0.717) is 13.2 Å². The third kappa shape index (κ3) is 4.73. The molecule has 0 bridgehead atoms. The summed E-state index contributed by atoms with van der Waals surface area (Å²) >= 11 is 0. The lowest BCUT2D eigenvalue weighted by Gasteiger charge is -2.19. The van der Waals surface area contributed by atoms with Crippen molar-refractivity contribution in [1.29, 1.82) is 0 Å². The summed E-state index contributed by atoms with van der Waals surface area (Å²) in [7, 11) is 0. The van der Waals surface area contributed by atoms with Crippen LogP contribution in [0.5, 0.6) is 5.75 Å². The van der Waals surface area contributed by atoms with E-state index in [1.165, 1.54) is 5.56 Å². The number of nitrogens with zero attached hydrogens (tertiary/aromatic N) is 1. The van der Waals surface area contributed by atoms with E-state index in [9.17, 15) is 4.79 Å². The Bertz CT molecular complexity index is 490. The highest BCUT2D eigenvalue weighted by Gasteiger charge is 2.27. The van der Waals surface area contributed by atoms with Gasteiger partial charge in [-0.1, -0.05) is 32.9 Å². The van der Waals surface area contributed by atoms with Gasteiger partial charge in [-0.15, -0.1) is 0 Å². The Hall–Kier alpha value is -1.55. The molecule has 0 amide bonds. The quantitative estimate of drug-likeness (QED) is 0.820. The number of aliphatic carboxylic acids is 1. The van der Waals surface area contributed by atoms with Crippen LogP contribution in [-0.4, -0.2) is 42.2 Å². The first kappa shape index (κ1) is 16.8. The molecule has 1 aromatic rings. The Morgan fingerprint density at radius 3 is 2.55 bits per heavy atom. The molecule has 0 aliphatic carbocycles. The zero-order chi connectivity index (χ0) is 16.2. The molecule has 1 saturated heterocycles. The molecule has 4 heteroatoms. The van der Waals surface area contributed by atoms with Crippen LogP contribution >= 0.6 is 0 Å². The Morgan fingerprint density at radius 1 is 1.32 bits per heavy atom. The molecule has 0 radical (unpaired) electrons. The summed E-state index contributed by atoms with van der Waals surface area (Å²) in [5.74, 6) is 0.0429. The average molecular weight is 305 g/mol. The van der Waals surface area contributed by atoms with Gasteiger partial charge in [0.05, 0.1) is 12.5 Å². The standard InChI is InChI=1S/C18H27NO3/c1-18(2,3)15-5-7-16(8-6-15)22-12-4-10-19-11-9-14(13-19)17(20)21/h5-8,14H,4,9-13H2,1-3H3,(H,20,21). The predicted molar refractivity (Wildman–Crippen MR) is 87.4 cm³/mol. The molecule has 122 valence electrons. The Balaban J connectivity index is 1.68. The lowest BCUT2D eigenvalue weighted by molar-refractivity contribution is -0.141. The SMILES string of the molecule is CC(C)(C)c1ccc(OCCCN2CCC(C(=O)O)C2)cc1. The Labute approximate surface area is 133 Å². The van der Waals surface area contributed by atoms with Gasteiger partial charge in [0.25, 0.3) is 0 Å². The molecule has 1 fully saturated rings. The van der Waals surface area contributed by atoms with Crippen LogP contribution in [0.3, 0.4) is 0 Å². The molecule has 0 spiro atoms. The maximum Gasteiger partial charge on any atom is 0.307 e. The molecule has 1 unspecified atom stereocenters. The van der Waals surface area contributed by atoms with Gasteiger partial charge < -0.3 is 14.7 Å². The maximum absolute atomic E-state index is 10.9. The average Bonchev–Trinajstić information content (AvgIpc) is 2.92. The largest absolute Gasteiger partial charge is 0.494 e. The van der Waals surface area contributed by atoms with E-state index in [2.05, 4.69) is 37.8 Å². The van der Waals surface area contributed by atoms with E-state index in [-0.39, 0.29) is 11.3 Å². The number of rotatable bonds is 6. The van der Waals surface area contributed by atoms with Gasteiger partial charge in [-0.2, -0.15) is 0 Å². The first-order valence-corrected chi connectivity index (χ1v) is 8.05. The van der Waals surface area contributed by atoms with Crippen molar-refractivity contribution in [3.63, 3.8) is 0 Å². The number of benzene rings is 1. The monoisotopic (exact) mass is 305 g/mol. The van der Waals surface area contributed by atoms with E-state index in [0.717, 1.165) is 31.7 Å². The van der Waals surface area contributed by atoms with Crippen molar-refractivity contribution in [2.75, 3.05) is 26.2 Å². The molecule has 22 heavy (non-hydrogen) atoms. The van der Waals surface area contributed by atoms with Crippen LogP contribution < -0.4 is 4.74 Å². The van der Waals surface area contributed by atoms with E-state index in [4.69, 9.17) is 9.84 Å². The number of carboxylic acid groups (broad SMARTS) is 1. The first-order chi connectivity index (χ1) is 10.4. The van der Waals surface area contributed by atoms with Gasteiger partial charge in [-0.05, 0) is 42.5 Å². The summed E-state index contributed by atoms with van der Waals surface area (Å²) in [6.07, 6.45) is 1.69. The van der Waals surface area contributed by atoms with E-state index < -0.39 is 5.97 Å². The molecule has 1 aliphatic rings. The summed E-state index contributed by atoms with van der Waals surface area (Å²) in [6, 6.07) is 8.29. The zero-order valence-electron chi connectivity index (χ0n) is 13.8. The number of carbonyl (C=O) groups is 1. The fourth-order valence-electron chi connectivity index (χ4n) is 2.77. The Morgan fingerprint density at radius 2 is 2.00 bits per heavy atom. The number of carboxylic acids is 1. The van der Waals surface area contributed by atoms with Gasteiger partial charge in [-0.3, -0.25) is 4.79 Å². The van der Waals surface area contributed by atoms with Gasteiger partial charge in [0.1, 0.15) is 5.75 Å². The first-order valence-electron chi connectivity index (χ1n) is 8.05. The van der Waals surface area contributed by atoms with Gasteiger partial charge in [0, 0.05) is 13.1 Å². The third-order valence-electron chi connectivity index (χ3n) is 4.23. The van der Waals surface area contributed by atoms with Crippen LogP contribution in [0.4, 0.5) is 0 Å². The van der Waals surface area contributed by atoms with Crippen LogP contribution in [0, 0.1) is 5.92 Å². The highest BCUT2D eigenvalue weighted by atomic mass is 16.5. The highest BCUT2D eigenvalue weighted by Crippen LogP contribution is 2.24. The minimum Gasteiger partial charge on any atom is -0.494 e. The smallest absolute Gasteiger partial charge is 0.307 e. The number of likely N-dealkylation sites (tertiary alicyclic amines) is 1. The zero-order valence-corrected chi connectivity index (χ0v) is 13.8. The lowest BCUT2D eigenvalue weighted by atomic mass is 9.87. The topological polar surface area (TPSA) is 49.8 Å². The molecule has 1 heterocycles. The summed E-state index contributed by atoms with van der Waals surface area (Å²) < 4.78 is 5.76. The highest BCUT2D eigenvalue weighted by molar-refractivity contribution is 5.70. The predicted octanol–water partition coefficient (Wildman–Crippen LogP) is 3.16. The molecular weight excluding hydrogens is 278 g/mol. The number of hydrogen-bond acceptors (Lipinski definition) is 3. The maximum atomic E-state index is 10.9. The summed E-state index contributed by atoms with van der Waals surface area (Å²) in [5, 5.41) is 8.98. The van der Waals surface area contributed by atoms with Crippen LogP contribution in [0.25, 0.3) is 0 Å². The molecule has 1 aliphatic heterocycles. The molecule has 2 rings (SSSR count). The fourth-order valence-corrected chi connectivity index (χ4v) is 2.77. The van der Waals surface area contributed by atoms with Gasteiger partial charge in [0.15, 0.2) is 0 Å². The van der Waals surface area contributed by atoms with Crippen LogP contribution in [0.15, 0.2) is 24.3 Å². The van der Waals surface area contributed by atoms with Crippen molar-refractivity contribution >= 4 is 5.97 Å². The van der Waals surface area contributed by atoms with Crippen molar-refractivity contribution in [2.45, 2.75) is 39.0 Å². The molecule has 1 atom stereocenters. The minimum atomic E-state index is -0.669. The summed E-state index contributed by atoms with van der Waals surface area (Å²) in [6.45, 7) is 9.73. The molecule has 1 aromatic carbocycles. The van der Waals surface area contributed by atoms with Crippen molar-refractivity contribution in [3.8, 4) is 5.75 Å². The van der Waals surface area contributed by atoms with Gasteiger partial charge in [-0.25, -0.2) is 0 Å². The third-order valence-corrected chi connectivity index (χ3v) is 4.23. The molecular formula is C18H27NO3. The second-order valence-corrected chi connectivity index (χ2v) is 7.10. The van der Waals surface area contributed by atoms with Gasteiger partial charge >= 0.3 is 5.97 Å². The number of hydrogen-bond donors (Lipinski definition) is 1. The van der Waals surface area contributed by atoms with Crippen molar-refractivity contribution in [3.05, 3.63) is 29.8 Å². The lowest BCUT2D eigenvalue weighted by Crippen LogP contribution is -2.25. The second kappa shape index (κ2) is 7.14. The summed E-state index contributed by atoms with van der Waals surface area (Å²) in [5.41, 5.74) is 1.46. The molecule has 4 nitrogen and oxygen atoms in total. The Kier molecular flexibility index (Phi) is 5.46. The molecule has 1 N–H and O–H groups in total. The number of ether oxygens (including phenoxy) is 1. The molecule has 0 saturated carbocycles. The summed E-state index contributed by atoms with van der Waals surface area (Å²) in [4.78, 5) is 13.1. The van der Waals surface area contributed by atoms with E-state index in [1.807, 2.05) is 12.1 Å². The van der Waals surface area contributed by atoms with E-state index in [1.54, 1.807) is 0 Å². The van der Waals surface area contributed by atoms with Crippen molar-refractivity contribution in [1.82, 2.24) is 4.90 Å². The normalized spacial score (nSPS) is 19.3. The van der Waals surface area contributed by atoms with Crippen LogP contribution in [0.1, 0.15) is 39.2 Å².